The number of carbonyl (C=O) groups is 2. The lowest BCUT2D eigenvalue weighted by Crippen LogP contribution is -2.32. The standard InChI is InChI=1S/C30H24N2O3S/c1-2-21-13-15-22(16-14-21)31-27-28(36-26-11-7-4-8-12-26)30(34)32(29(27)33)23-17-19-25(20-18-23)35-24-9-5-3-6-10-24/h3-20,31H,2H2,1H3. The van der Waals surface area contributed by atoms with E-state index in [1.165, 1.54) is 22.2 Å². The highest BCUT2D eigenvalue weighted by molar-refractivity contribution is 8.04. The van der Waals surface area contributed by atoms with Gasteiger partial charge in [-0.1, -0.05) is 67.2 Å². The quantitative estimate of drug-likeness (QED) is 0.268. The van der Waals surface area contributed by atoms with E-state index in [-0.39, 0.29) is 11.6 Å². The Bertz CT molecular complexity index is 1400. The number of imide groups is 1. The minimum Gasteiger partial charge on any atom is -0.457 e. The lowest BCUT2D eigenvalue weighted by Gasteiger charge is -2.16. The van der Waals surface area contributed by atoms with Gasteiger partial charge in [-0.3, -0.25) is 9.59 Å². The number of hydrogen-bond donors (Lipinski definition) is 1. The van der Waals surface area contributed by atoms with E-state index in [1.54, 1.807) is 24.3 Å². The highest BCUT2D eigenvalue weighted by Gasteiger charge is 2.40. The molecule has 4 aromatic rings. The van der Waals surface area contributed by atoms with E-state index in [0.29, 0.717) is 22.1 Å². The molecule has 0 atom stereocenters. The second-order valence-corrected chi connectivity index (χ2v) is 9.23. The number of nitrogens with one attached hydrogen (secondary N) is 1. The van der Waals surface area contributed by atoms with Crippen molar-refractivity contribution in [3.8, 4) is 11.5 Å². The summed E-state index contributed by atoms with van der Waals surface area (Å²) in [7, 11) is 0. The van der Waals surface area contributed by atoms with Crippen molar-refractivity contribution in [3.63, 3.8) is 0 Å². The van der Waals surface area contributed by atoms with Crippen molar-refractivity contribution in [1.29, 1.82) is 0 Å². The van der Waals surface area contributed by atoms with Gasteiger partial charge in [0.25, 0.3) is 11.8 Å². The van der Waals surface area contributed by atoms with E-state index in [4.69, 9.17) is 4.74 Å². The molecule has 0 aromatic heterocycles. The summed E-state index contributed by atoms with van der Waals surface area (Å²) in [6, 6.07) is 33.8. The average Bonchev–Trinajstić information content (AvgIpc) is 3.14. The number of benzene rings is 4. The van der Waals surface area contributed by atoms with Crippen LogP contribution in [0.5, 0.6) is 11.5 Å². The fraction of sp³-hybridized carbons (Fsp3) is 0.0667. The summed E-state index contributed by atoms with van der Waals surface area (Å²) in [6.07, 6.45) is 0.924. The van der Waals surface area contributed by atoms with Gasteiger partial charge in [0, 0.05) is 10.6 Å². The molecule has 1 N–H and O–H groups in total. The van der Waals surface area contributed by atoms with E-state index >= 15 is 0 Å². The van der Waals surface area contributed by atoms with E-state index in [2.05, 4.69) is 12.2 Å². The second-order valence-electron chi connectivity index (χ2n) is 8.15. The van der Waals surface area contributed by atoms with Crippen molar-refractivity contribution in [2.24, 2.45) is 0 Å². The Morgan fingerprint density at radius 3 is 1.97 bits per heavy atom. The third-order valence-corrected chi connectivity index (χ3v) is 6.80. The predicted octanol–water partition coefficient (Wildman–Crippen LogP) is 7.03. The summed E-state index contributed by atoms with van der Waals surface area (Å²) in [6.45, 7) is 2.09. The van der Waals surface area contributed by atoms with Crippen LogP contribution in [-0.4, -0.2) is 11.8 Å². The monoisotopic (exact) mass is 492 g/mol. The topological polar surface area (TPSA) is 58.6 Å². The largest absolute Gasteiger partial charge is 0.457 e. The number of rotatable bonds is 8. The molecule has 36 heavy (non-hydrogen) atoms. The molecule has 0 spiro atoms. The molecule has 6 heteroatoms. The molecule has 4 aromatic carbocycles. The van der Waals surface area contributed by atoms with Gasteiger partial charge >= 0.3 is 0 Å². The van der Waals surface area contributed by atoms with Crippen LogP contribution in [0.3, 0.4) is 0 Å². The van der Waals surface area contributed by atoms with Gasteiger partial charge in [0.05, 0.1) is 5.69 Å². The predicted molar refractivity (Wildman–Crippen MR) is 144 cm³/mol. The van der Waals surface area contributed by atoms with Gasteiger partial charge < -0.3 is 10.1 Å². The summed E-state index contributed by atoms with van der Waals surface area (Å²) < 4.78 is 5.85. The van der Waals surface area contributed by atoms with Crippen molar-refractivity contribution in [1.82, 2.24) is 0 Å². The van der Waals surface area contributed by atoms with Gasteiger partial charge in [-0.25, -0.2) is 4.90 Å². The van der Waals surface area contributed by atoms with Gasteiger partial charge in [0.1, 0.15) is 22.1 Å². The minimum atomic E-state index is -0.394. The van der Waals surface area contributed by atoms with Gasteiger partial charge in [0.2, 0.25) is 0 Å². The van der Waals surface area contributed by atoms with Gasteiger partial charge in [-0.2, -0.15) is 0 Å². The van der Waals surface area contributed by atoms with Gasteiger partial charge in [-0.05, 0) is 72.6 Å². The first-order valence-corrected chi connectivity index (χ1v) is 12.5. The average molecular weight is 493 g/mol. The number of aryl methyl sites for hydroxylation is 1. The molecular formula is C30H24N2O3S. The highest BCUT2D eigenvalue weighted by Crippen LogP contribution is 2.38. The van der Waals surface area contributed by atoms with Crippen LogP contribution >= 0.6 is 11.8 Å². The number of thioether (sulfide) groups is 1. The zero-order valence-corrected chi connectivity index (χ0v) is 20.5. The zero-order valence-electron chi connectivity index (χ0n) is 19.7. The molecule has 0 fully saturated rings. The van der Waals surface area contributed by atoms with Crippen molar-refractivity contribution in [2.45, 2.75) is 18.2 Å². The number of hydrogen-bond acceptors (Lipinski definition) is 5. The Kier molecular flexibility index (Phi) is 6.87. The molecule has 2 amide bonds. The number of nitrogens with zero attached hydrogens (tertiary/aromatic N) is 1. The van der Waals surface area contributed by atoms with Crippen LogP contribution in [0.1, 0.15) is 12.5 Å². The number of carbonyl (C=O) groups excluding carboxylic acids is 2. The van der Waals surface area contributed by atoms with Crippen molar-refractivity contribution in [2.75, 3.05) is 10.2 Å². The summed E-state index contributed by atoms with van der Waals surface area (Å²) in [5.74, 6) is 0.570. The summed E-state index contributed by atoms with van der Waals surface area (Å²) in [5, 5.41) is 3.21. The smallest absolute Gasteiger partial charge is 0.283 e. The summed E-state index contributed by atoms with van der Waals surface area (Å²) >= 11 is 1.28. The van der Waals surface area contributed by atoms with Crippen LogP contribution < -0.4 is 15.0 Å². The number of anilines is 2. The van der Waals surface area contributed by atoms with Crippen LogP contribution in [0, 0.1) is 0 Å². The number of amides is 2. The van der Waals surface area contributed by atoms with Crippen LogP contribution in [0.15, 0.2) is 125 Å². The Balaban J connectivity index is 1.43. The molecule has 0 bridgehead atoms. The molecule has 0 aliphatic carbocycles. The Hall–Kier alpha value is -4.29. The van der Waals surface area contributed by atoms with Gasteiger partial charge in [0.15, 0.2) is 0 Å². The Morgan fingerprint density at radius 2 is 1.33 bits per heavy atom. The molecule has 1 aliphatic heterocycles. The number of para-hydroxylation sites is 1. The SMILES string of the molecule is CCc1ccc(NC2=C(Sc3ccccc3)C(=O)N(c3ccc(Oc4ccccc4)cc3)C2=O)cc1. The fourth-order valence-corrected chi connectivity index (χ4v) is 4.76. The zero-order chi connectivity index (χ0) is 24.9. The maximum absolute atomic E-state index is 13.6. The lowest BCUT2D eigenvalue weighted by atomic mass is 10.1. The van der Waals surface area contributed by atoms with Crippen LogP contribution in [0.25, 0.3) is 0 Å². The first-order valence-electron chi connectivity index (χ1n) is 11.7. The molecular weight excluding hydrogens is 468 g/mol. The lowest BCUT2D eigenvalue weighted by molar-refractivity contribution is -0.120. The van der Waals surface area contributed by atoms with Crippen molar-refractivity contribution in [3.05, 3.63) is 125 Å². The summed E-state index contributed by atoms with van der Waals surface area (Å²) in [4.78, 5) is 29.6. The third-order valence-electron chi connectivity index (χ3n) is 5.71. The molecule has 5 nitrogen and oxygen atoms in total. The number of ether oxygens (including phenoxy) is 1. The molecule has 178 valence electrons. The second kappa shape index (κ2) is 10.5. The highest BCUT2D eigenvalue weighted by atomic mass is 32.2. The Morgan fingerprint density at radius 1 is 0.722 bits per heavy atom. The van der Waals surface area contributed by atoms with E-state index in [9.17, 15) is 9.59 Å². The van der Waals surface area contributed by atoms with Crippen molar-refractivity contribution < 1.29 is 14.3 Å². The molecule has 0 saturated carbocycles. The minimum absolute atomic E-state index is 0.266. The van der Waals surface area contributed by atoms with Crippen LogP contribution in [0.4, 0.5) is 11.4 Å². The maximum atomic E-state index is 13.6. The first kappa shape index (κ1) is 23.5. The molecule has 0 saturated heterocycles. The third kappa shape index (κ3) is 5.04. The molecule has 0 radical (unpaired) electrons. The van der Waals surface area contributed by atoms with Crippen LogP contribution in [0.2, 0.25) is 0 Å². The van der Waals surface area contributed by atoms with Gasteiger partial charge in [-0.15, -0.1) is 0 Å². The first-order chi connectivity index (χ1) is 17.6. The van der Waals surface area contributed by atoms with E-state index < -0.39 is 5.91 Å². The van der Waals surface area contributed by atoms with E-state index in [1.807, 2.05) is 84.9 Å². The molecule has 0 unspecified atom stereocenters. The molecule has 1 heterocycles. The molecule has 5 rings (SSSR count). The normalized spacial score (nSPS) is 13.3. The van der Waals surface area contributed by atoms with E-state index in [0.717, 1.165) is 17.0 Å². The molecule has 1 aliphatic rings. The Labute approximate surface area is 214 Å². The summed E-state index contributed by atoms with van der Waals surface area (Å²) in [5.41, 5.74) is 2.70. The fourth-order valence-electron chi connectivity index (χ4n) is 3.81. The van der Waals surface area contributed by atoms with Crippen molar-refractivity contribution >= 4 is 35.0 Å². The maximum Gasteiger partial charge on any atom is 0.283 e. The van der Waals surface area contributed by atoms with Crippen LogP contribution in [-0.2, 0) is 16.0 Å².